The maximum atomic E-state index is 12.8. The van der Waals surface area contributed by atoms with Gasteiger partial charge in [0.1, 0.15) is 195 Å². The lowest BCUT2D eigenvalue weighted by molar-refractivity contribution is -0.399. The summed E-state index contributed by atoms with van der Waals surface area (Å²) in [6.45, 7) is -6.26. The molecule has 95 heavy (non-hydrogen) atoms. The summed E-state index contributed by atoms with van der Waals surface area (Å²) in [6.07, 6.45) is -77.9. The van der Waals surface area contributed by atoms with E-state index in [1.807, 2.05) is 0 Å². The standard InChI is InChI=1S/C52H88N2O41/c1-11(61)53-21-29(69)40(17(7-59)83-45(21)80)91-46-22(54-12(2)62)30(70)41(18(8-60)88-46)92-51-39(79)43(94-52-44(34(74)26(66)16(6-58)87-52)95-50-37(77)33(73)25(65)15(5-57)86-50)28(68)20(90-51)10-82-48-38(78)42(93-49-36(76)32(72)24(64)14(4-56)85-49)27(67)19(89-48)9-81-47-35(75)31(71)23(63)13(3-55)84-47/h13-52,55-60,63-80H,3-10H2,1-2H3,(H,53,61)(H,54,62)/t13?,14?,15?,16?,17?,18?,19?,20?,21?,22?,23-,24-,25-,26-,27-,28-,29-,30-,31+,32+,33+,34+,35?,36?,37?,38?,39?,40-,41-,42+,43+,44?,45?,46+,47+,48+,49-,50-,51+,52-/m1/s1. The molecule has 2 amide bonds. The van der Waals surface area contributed by atoms with Gasteiger partial charge < -0.3 is 204 Å². The molecule has 0 saturated carbocycles. The van der Waals surface area contributed by atoms with Gasteiger partial charge in [0.05, 0.1) is 52.9 Å². The van der Waals surface area contributed by atoms with Gasteiger partial charge in [0.15, 0.2) is 50.3 Å². The van der Waals surface area contributed by atoms with Crippen LogP contribution in [-0.2, 0) is 80.6 Å². The van der Waals surface area contributed by atoms with Crippen LogP contribution in [0.1, 0.15) is 13.8 Å². The van der Waals surface area contributed by atoms with Crippen LogP contribution in [0.3, 0.4) is 0 Å². The van der Waals surface area contributed by atoms with Crippen molar-refractivity contribution >= 4 is 11.8 Å². The van der Waals surface area contributed by atoms with Crippen molar-refractivity contribution in [2.45, 2.75) is 259 Å². The molecular formula is C52H88N2O41. The van der Waals surface area contributed by atoms with Crippen LogP contribution in [0.2, 0.25) is 0 Å². The van der Waals surface area contributed by atoms with E-state index >= 15 is 0 Å². The Morgan fingerprint density at radius 1 is 0.274 bits per heavy atom. The van der Waals surface area contributed by atoms with E-state index in [2.05, 4.69) is 10.6 Å². The molecule has 0 radical (unpaired) electrons. The van der Waals surface area contributed by atoms with Gasteiger partial charge in [-0.1, -0.05) is 0 Å². The first-order valence-electron chi connectivity index (χ1n) is 30.1. The van der Waals surface area contributed by atoms with Gasteiger partial charge in [0, 0.05) is 13.8 Å². The second kappa shape index (κ2) is 33.9. The van der Waals surface area contributed by atoms with Crippen molar-refractivity contribution < 1.29 is 203 Å². The highest BCUT2D eigenvalue weighted by atomic mass is 16.8. The van der Waals surface area contributed by atoms with Gasteiger partial charge in [-0.3, -0.25) is 9.59 Å². The SMILES string of the molecule is CC(=O)NC1C(O)OC(CO)[C@@H](O[C@@H]2OC(CO)[C@@H](O[C@@H]3OC(CO[C@H]4OC(CO[C@H]5OC(CO)[C@@H](O)[C@H](O)C5O)[C@@H](O)[C@H](O[C@H]5OC(CO)[C@@H](O)[C@H](O)C5O)C4O)[C@@H](O)[C@H](O[C@H]4OC(CO)[C@@H](O)[C@H](O)C4O[C@H]4OC(CO)[C@@H](O)[C@H](O)C4O)C3O)[C@H](O)C2NC(C)=O)[C@@H]1O. The van der Waals surface area contributed by atoms with Crippen molar-refractivity contribution in [1.29, 1.82) is 0 Å². The Kier molecular flexibility index (Phi) is 27.9. The number of hydrogen-bond acceptors (Lipinski definition) is 41. The summed E-state index contributed by atoms with van der Waals surface area (Å²) in [4.78, 5) is 24.9. The van der Waals surface area contributed by atoms with Crippen molar-refractivity contribution in [3.63, 3.8) is 0 Å². The van der Waals surface area contributed by atoms with E-state index < -0.39 is 310 Å². The Bertz CT molecular complexity index is 2380. The summed E-state index contributed by atoms with van der Waals surface area (Å²) < 4.78 is 86.6. The summed E-state index contributed by atoms with van der Waals surface area (Å²) in [5, 5.41) is 266. The Morgan fingerprint density at radius 2 is 0.568 bits per heavy atom. The van der Waals surface area contributed by atoms with Gasteiger partial charge in [0.25, 0.3) is 0 Å². The number of nitrogens with one attached hydrogen (secondary N) is 2. The average Bonchev–Trinajstić information content (AvgIpc) is 0.778. The second-order valence-electron chi connectivity index (χ2n) is 23.9. The lowest BCUT2D eigenvalue weighted by Crippen LogP contribution is -2.70. The highest BCUT2D eigenvalue weighted by molar-refractivity contribution is 5.73. The van der Waals surface area contributed by atoms with Crippen LogP contribution in [0.25, 0.3) is 0 Å². The fraction of sp³-hybridized carbons (Fsp3) is 0.962. The molecule has 26 N–H and O–H groups in total. The molecule has 17 unspecified atom stereocenters. The van der Waals surface area contributed by atoms with Crippen LogP contribution < -0.4 is 10.6 Å². The molecule has 43 heteroatoms. The molecule has 40 atom stereocenters. The number of carbonyl (C=O) groups excluding carboxylic acids is 2. The minimum Gasteiger partial charge on any atom is -0.394 e. The third-order valence-corrected chi connectivity index (χ3v) is 17.4. The smallest absolute Gasteiger partial charge is 0.217 e. The van der Waals surface area contributed by atoms with Gasteiger partial charge in [0.2, 0.25) is 11.8 Å². The lowest BCUT2D eigenvalue weighted by atomic mass is 9.94. The largest absolute Gasteiger partial charge is 0.394 e. The first-order chi connectivity index (χ1) is 44.9. The van der Waals surface area contributed by atoms with Gasteiger partial charge in [-0.25, -0.2) is 0 Å². The van der Waals surface area contributed by atoms with Gasteiger partial charge in [-0.2, -0.15) is 0 Å². The minimum atomic E-state index is -2.49. The van der Waals surface area contributed by atoms with E-state index in [-0.39, 0.29) is 0 Å². The fourth-order valence-electron chi connectivity index (χ4n) is 12.1. The van der Waals surface area contributed by atoms with E-state index in [0.717, 1.165) is 13.8 Å². The molecule has 0 aromatic rings. The highest BCUT2D eigenvalue weighted by Crippen LogP contribution is 2.38. The number of ether oxygens (including phenoxy) is 15. The number of aliphatic hydroxyl groups excluding tert-OH is 24. The maximum Gasteiger partial charge on any atom is 0.217 e. The fourth-order valence-corrected chi connectivity index (χ4v) is 12.1. The second-order valence-corrected chi connectivity index (χ2v) is 23.9. The summed E-state index contributed by atoms with van der Waals surface area (Å²) in [6, 6.07) is -3.49. The molecule has 0 aromatic carbocycles. The normalized spacial score (nSPS) is 50.8. The number of amides is 2. The lowest BCUT2D eigenvalue weighted by Gasteiger charge is -2.50. The average molecular weight is 1400 g/mol. The van der Waals surface area contributed by atoms with Crippen LogP contribution >= 0.6 is 0 Å². The Hall–Kier alpha value is -2.62. The molecular weight excluding hydrogens is 1310 g/mol. The van der Waals surface area contributed by atoms with Crippen LogP contribution in [0, 0.1) is 0 Å². The molecule has 43 nitrogen and oxygen atoms in total. The van der Waals surface area contributed by atoms with Crippen molar-refractivity contribution in [3.8, 4) is 0 Å². The molecule has 0 aliphatic carbocycles. The molecule has 0 bridgehead atoms. The molecule has 552 valence electrons. The number of aliphatic hydroxyl groups is 24. The van der Waals surface area contributed by atoms with Gasteiger partial charge >= 0.3 is 0 Å². The predicted octanol–water partition coefficient (Wildman–Crippen LogP) is -18.2. The van der Waals surface area contributed by atoms with Crippen LogP contribution in [0.5, 0.6) is 0 Å². The van der Waals surface area contributed by atoms with E-state index in [4.69, 9.17) is 71.1 Å². The molecule has 0 aromatic heterocycles. The quantitative estimate of drug-likeness (QED) is 0.0427. The number of carbonyl (C=O) groups is 2. The molecule has 8 fully saturated rings. The summed E-state index contributed by atoms with van der Waals surface area (Å²) >= 11 is 0. The molecule has 0 spiro atoms. The zero-order chi connectivity index (χ0) is 69.9. The summed E-state index contributed by atoms with van der Waals surface area (Å²) in [5.74, 6) is -1.68. The third kappa shape index (κ3) is 17.0. The van der Waals surface area contributed by atoms with E-state index in [1.165, 1.54) is 0 Å². The third-order valence-electron chi connectivity index (χ3n) is 17.4. The Morgan fingerprint density at radius 3 is 1.02 bits per heavy atom. The Labute approximate surface area is 536 Å². The Balaban J connectivity index is 1.12. The van der Waals surface area contributed by atoms with Crippen LogP contribution in [0.4, 0.5) is 0 Å². The van der Waals surface area contributed by atoms with Gasteiger partial charge in [-0.05, 0) is 0 Å². The highest BCUT2D eigenvalue weighted by Gasteiger charge is 2.59. The monoisotopic (exact) mass is 1400 g/mol. The van der Waals surface area contributed by atoms with Crippen molar-refractivity contribution in [1.82, 2.24) is 10.6 Å². The molecule has 8 rings (SSSR count). The summed E-state index contributed by atoms with van der Waals surface area (Å²) in [7, 11) is 0. The van der Waals surface area contributed by atoms with E-state index in [1.54, 1.807) is 0 Å². The van der Waals surface area contributed by atoms with E-state index in [9.17, 15) is 132 Å². The molecule has 8 heterocycles. The van der Waals surface area contributed by atoms with E-state index in [0.29, 0.717) is 0 Å². The van der Waals surface area contributed by atoms with Crippen molar-refractivity contribution in [2.24, 2.45) is 0 Å². The first-order valence-corrected chi connectivity index (χ1v) is 30.1. The molecule has 8 aliphatic heterocycles. The molecule has 8 saturated heterocycles. The number of hydrogen-bond donors (Lipinski definition) is 26. The topological polar surface area (TPSA) is 682 Å². The predicted molar refractivity (Wildman–Crippen MR) is 288 cm³/mol. The first kappa shape index (κ1) is 78.1. The number of rotatable bonds is 24. The van der Waals surface area contributed by atoms with Crippen molar-refractivity contribution in [3.05, 3.63) is 0 Å². The van der Waals surface area contributed by atoms with Crippen LogP contribution in [-0.4, -0.2) is 433 Å². The summed E-state index contributed by atoms with van der Waals surface area (Å²) in [5.41, 5.74) is 0. The molecule has 8 aliphatic rings. The van der Waals surface area contributed by atoms with Gasteiger partial charge in [-0.15, -0.1) is 0 Å². The van der Waals surface area contributed by atoms with Crippen molar-refractivity contribution in [2.75, 3.05) is 52.9 Å². The zero-order valence-electron chi connectivity index (χ0n) is 50.4. The maximum absolute atomic E-state index is 12.8. The zero-order valence-corrected chi connectivity index (χ0v) is 50.4. The minimum absolute atomic E-state index is 0.766. The van der Waals surface area contributed by atoms with Crippen LogP contribution in [0.15, 0.2) is 0 Å².